The number of anilines is 1. The molecule has 1 aromatic rings. The van der Waals surface area contributed by atoms with Crippen LogP contribution in [0.4, 0.5) is 5.82 Å². The maximum atomic E-state index is 5.92. The molecule has 2 aliphatic heterocycles. The number of rotatable bonds is 3. The molecule has 5 heteroatoms. The Kier molecular flexibility index (Phi) is 4.51. The molecule has 0 amide bonds. The van der Waals surface area contributed by atoms with Crippen LogP contribution in [0, 0.1) is 5.92 Å². The van der Waals surface area contributed by atoms with E-state index in [2.05, 4.69) is 26.9 Å². The van der Waals surface area contributed by atoms with Gasteiger partial charge >= 0.3 is 0 Å². The van der Waals surface area contributed by atoms with Gasteiger partial charge in [0.05, 0.1) is 13.2 Å². The first kappa shape index (κ1) is 15.4. The van der Waals surface area contributed by atoms with Gasteiger partial charge in [0.25, 0.3) is 0 Å². The maximum absolute atomic E-state index is 5.92. The van der Waals surface area contributed by atoms with Crippen LogP contribution in [0.25, 0.3) is 0 Å². The molecule has 0 radical (unpaired) electrons. The van der Waals surface area contributed by atoms with E-state index in [0.29, 0.717) is 5.92 Å². The van der Waals surface area contributed by atoms with Crippen molar-refractivity contribution in [3.8, 4) is 0 Å². The van der Waals surface area contributed by atoms with Crippen LogP contribution >= 0.6 is 0 Å². The number of aromatic nitrogens is 1. The molecule has 23 heavy (non-hydrogen) atoms. The molecular weight excluding hydrogens is 290 g/mol. The SMILES string of the molecule is c1ccc(N2CCN(CC3CCCC4(C3)OCCO4)CC2)nc1. The lowest BCUT2D eigenvalue weighted by atomic mass is 9.84. The van der Waals surface area contributed by atoms with Gasteiger partial charge in [0, 0.05) is 51.8 Å². The summed E-state index contributed by atoms with van der Waals surface area (Å²) in [6.07, 6.45) is 6.59. The summed E-state index contributed by atoms with van der Waals surface area (Å²) in [6, 6.07) is 6.15. The second-order valence-electron chi connectivity index (χ2n) is 7.05. The number of hydrogen-bond donors (Lipinski definition) is 0. The third kappa shape index (κ3) is 3.52. The summed E-state index contributed by atoms with van der Waals surface area (Å²) >= 11 is 0. The lowest BCUT2D eigenvalue weighted by Crippen LogP contribution is -2.49. The van der Waals surface area contributed by atoms with Crippen molar-refractivity contribution in [1.29, 1.82) is 0 Å². The van der Waals surface area contributed by atoms with Crippen LogP contribution in [0.3, 0.4) is 0 Å². The van der Waals surface area contributed by atoms with Crippen molar-refractivity contribution in [1.82, 2.24) is 9.88 Å². The molecule has 1 unspecified atom stereocenters. The third-order valence-corrected chi connectivity index (χ3v) is 5.45. The summed E-state index contributed by atoms with van der Waals surface area (Å²) in [7, 11) is 0. The van der Waals surface area contributed by atoms with E-state index in [0.717, 1.165) is 58.1 Å². The van der Waals surface area contributed by atoms with Gasteiger partial charge in [-0.1, -0.05) is 6.07 Å². The van der Waals surface area contributed by atoms with Crippen molar-refractivity contribution in [2.45, 2.75) is 31.5 Å². The average Bonchev–Trinajstić information content (AvgIpc) is 3.04. The zero-order valence-electron chi connectivity index (χ0n) is 13.8. The molecule has 3 aliphatic rings. The lowest BCUT2D eigenvalue weighted by molar-refractivity contribution is -0.188. The van der Waals surface area contributed by atoms with E-state index in [9.17, 15) is 0 Å². The standard InChI is InChI=1S/C18H27N3O2/c1-2-7-19-17(5-1)21-10-8-20(9-11-21)15-16-4-3-6-18(14-16)22-12-13-23-18/h1-2,5,7,16H,3-4,6,8-15H2. The van der Waals surface area contributed by atoms with Crippen LogP contribution in [0.5, 0.6) is 0 Å². The minimum Gasteiger partial charge on any atom is -0.354 e. The van der Waals surface area contributed by atoms with Gasteiger partial charge in [0.1, 0.15) is 5.82 Å². The van der Waals surface area contributed by atoms with Crippen molar-refractivity contribution in [3.05, 3.63) is 24.4 Å². The van der Waals surface area contributed by atoms with E-state index in [-0.39, 0.29) is 5.79 Å². The molecule has 1 aliphatic carbocycles. The Hall–Kier alpha value is -1.17. The van der Waals surface area contributed by atoms with Gasteiger partial charge in [-0.25, -0.2) is 4.98 Å². The highest BCUT2D eigenvalue weighted by Gasteiger charge is 2.41. The monoisotopic (exact) mass is 317 g/mol. The quantitative estimate of drug-likeness (QED) is 0.854. The van der Waals surface area contributed by atoms with E-state index in [1.165, 1.54) is 19.4 Å². The van der Waals surface area contributed by atoms with Crippen LogP contribution in [-0.4, -0.2) is 61.6 Å². The molecule has 1 saturated carbocycles. The molecule has 1 spiro atoms. The predicted molar refractivity (Wildman–Crippen MR) is 89.5 cm³/mol. The Morgan fingerprint density at radius 2 is 1.96 bits per heavy atom. The fourth-order valence-electron chi connectivity index (χ4n) is 4.28. The number of pyridine rings is 1. The zero-order valence-corrected chi connectivity index (χ0v) is 13.8. The summed E-state index contributed by atoms with van der Waals surface area (Å²) in [6.45, 7) is 7.13. The van der Waals surface area contributed by atoms with Gasteiger partial charge in [0.15, 0.2) is 5.79 Å². The maximum Gasteiger partial charge on any atom is 0.168 e. The molecule has 0 N–H and O–H groups in total. The third-order valence-electron chi connectivity index (χ3n) is 5.45. The van der Waals surface area contributed by atoms with Gasteiger partial charge in [-0.3, -0.25) is 4.90 Å². The Labute approximate surface area is 138 Å². The smallest absolute Gasteiger partial charge is 0.168 e. The second kappa shape index (κ2) is 6.75. The largest absolute Gasteiger partial charge is 0.354 e. The number of piperazine rings is 1. The lowest BCUT2D eigenvalue weighted by Gasteiger charge is -2.41. The highest BCUT2D eigenvalue weighted by molar-refractivity contribution is 5.38. The Morgan fingerprint density at radius 1 is 1.13 bits per heavy atom. The highest BCUT2D eigenvalue weighted by Crippen LogP contribution is 2.39. The van der Waals surface area contributed by atoms with Crippen LogP contribution in [0.2, 0.25) is 0 Å². The Morgan fingerprint density at radius 3 is 2.70 bits per heavy atom. The molecule has 3 fully saturated rings. The van der Waals surface area contributed by atoms with Gasteiger partial charge in [0.2, 0.25) is 0 Å². The minimum absolute atomic E-state index is 0.237. The van der Waals surface area contributed by atoms with E-state index in [1.807, 2.05) is 12.3 Å². The van der Waals surface area contributed by atoms with Gasteiger partial charge < -0.3 is 14.4 Å². The number of nitrogens with zero attached hydrogens (tertiary/aromatic N) is 3. The first-order valence-electron chi connectivity index (χ1n) is 8.99. The first-order valence-corrected chi connectivity index (χ1v) is 8.99. The topological polar surface area (TPSA) is 37.8 Å². The molecule has 4 rings (SSSR count). The molecule has 0 aromatic carbocycles. The first-order chi connectivity index (χ1) is 11.3. The van der Waals surface area contributed by atoms with Crippen molar-refractivity contribution < 1.29 is 9.47 Å². The number of ether oxygens (including phenoxy) is 2. The zero-order chi connectivity index (χ0) is 15.5. The molecule has 3 heterocycles. The summed E-state index contributed by atoms with van der Waals surface area (Å²) in [5.74, 6) is 1.58. The van der Waals surface area contributed by atoms with Crippen molar-refractivity contribution in [2.75, 3.05) is 50.8 Å². The van der Waals surface area contributed by atoms with Gasteiger partial charge in [-0.2, -0.15) is 0 Å². The van der Waals surface area contributed by atoms with Crippen molar-refractivity contribution in [2.24, 2.45) is 5.92 Å². The van der Waals surface area contributed by atoms with E-state index >= 15 is 0 Å². The fourth-order valence-corrected chi connectivity index (χ4v) is 4.28. The molecular formula is C18H27N3O2. The number of hydrogen-bond acceptors (Lipinski definition) is 5. The van der Waals surface area contributed by atoms with Gasteiger partial charge in [-0.05, 0) is 30.9 Å². The second-order valence-corrected chi connectivity index (χ2v) is 7.05. The molecule has 5 nitrogen and oxygen atoms in total. The molecule has 1 aromatic heterocycles. The molecule has 2 saturated heterocycles. The summed E-state index contributed by atoms with van der Waals surface area (Å²) in [5, 5.41) is 0. The molecule has 0 bridgehead atoms. The molecule has 126 valence electrons. The fraction of sp³-hybridized carbons (Fsp3) is 0.722. The van der Waals surface area contributed by atoms with E-state index < -0.39 is 0 Å². The predicted octanol–water partition coefficient (Wildman–Crippen LogP) is 2.14. The van der Waals surface area contributed by atoms with Crippen LogP contribution in [0.15, 0.2) is 24.4 Å². The van der Waals surface area contributed by atoms with Gasteiger partial charge in [-0.15, -0.1) is 0 Å². The molecule has 1 atom stereocenters. The van der Waals surface area contributed by atoms with Crippen molar-refractivity contribution >= 4 is 5.82 Å². The van der Waals surface area contributed by atoms with E-state index in [1.54, 1.807) is 0 Å². The minimum atomic E-state index is -0.237. The summed E-state index contributed by atoms with van der Waals surface area (Å²) < 4.78 is 11.8. The summed E-state index contributed by atoms with van der Waals surface area (Å²) in [4.78, 5) is 9.47. The Bertz CT molecular complexity index is 496. The average molecular weight is 317 g/mol. The van der Waals surface area contributed by atoms with E-state index in [4.69, 9.17) is 9.47 Å². The van der Waals surface area contributed by atoms with Crippen molar-refractivity contribution in [3.63, 3.8) is 0 Å². The normalized spacial score (nSPS) is 28.3. The highest BCUT2D eigenvalue weighted by atomic mass is 16.7. The Balaban J connectivity index is 1.28. The van der Waals surface area contributed by atoms with Crippen LogP contribution < -0.4 is 4.90 Å². The van der Waals surface area contributed by atoms with Crippen LogP contribution in [-0.2, 0) is 9.47 Å². The summed E-state index contributed by atoms with van der Waals surface area (Å²) in [5.41, 5.74) is 0. The van der Waals surface area contributed by atoms with Crippen LogP contribution in [0.1, 0.15) is 25.7 Å².